The standard InChI is InChI=1S/C9H18O2.C8H4O3.C6H14O3.C4H2O3/c1-8(2)6-4-3-5-7-9(10)11;9-7-5-3-1-2-4-6(5)8(10)11-7;1-2-6(3-7,4-8)5-9;5-3-1-2-4(6)7-3/h8H,3-7H2,1-2H3,(H,10,11);1-4H;7-9H,2-5H2,1H3;1-2H. The Hall–Kier alpha value is -3.41. The van der Waals surface area contributed by atoms with Gasteiger partial charge in [0.25, 0.3) is 0 Å². The van der Waals surface area contributed by atoms with Gasteiger partial charge in [0.2, 0.25) is 0 Å². The van der Waals surface area contributed by atoms with Crippen molar-refractivity contribution < 1.29 is 53.9 Å². The summed E-state index contributed by atoms with van der Waals surface area (Å²) in [6.45, 7) is 5.74. The molecule has 0 aromatic heterocycles. The number of aliphatic hydroxyl groups is 3. The number of benzene rings is 1. The van der Waals surface area contributed by atoms with Crippen molar-refractivity contribution in [3.63, 3.8) is 0 Å². The van der Waals surface area contributed by atoms with E-state index >= 15 is 0 Å². The predicted molar refractivity (Wildman–Crippen MR) is 136 cm³/mol. The SMILES string of the molecule is CC(C)CCCCCC(=O)O.CCC(CO)(CO)CO.O=C1C=CC(=O)O1.O=C1OC(=O)c2ccccc21. The summed E-state index contributed by atoms with van der Waals surface area (Å²) < 4.78 is 8.33. The fraction of sp³-hybridized carbons (Fsp3) is 0.519. The summed E-state index contributed by atoms with van der Waals surface area (Å²) in [5.74, 6) is -2.18. The number of aliphatic hydroxyl groups excluding tert-OH is 3. The Kier molecular flexibility index (Phi) is 17.1. The molecule has 0 saturated carbocycles. The molecule has 2 aliphatic heterocycles. The Morgan fingerprint density at radius 3 is 1.58 bits per heavy atom. The van der Waals surface area contributed by atoms with Gasteiger partial charge >= 0.3 is 29.8 Å². The molecule has 4 N–H and O–H groups in total. The molecular formula is C27H38O11. The van der Waals surface area contributed by atoms with Gasteiger partial charge in [-0.2, -0.15) is 0 Å². The molecule has 38 heavy (non-hydrogen) atoms. The van der Waals surface area contributed by atoms with Crippen molar-refractivity contribution in [2.24, 2.45) is 11.3 Å². The molecule has 212 valence electrons. The highest BCUT2D eigenvalue weighted by Gasteiger charge is 2.28. The molecule has 1 aromatic rings. The lowest BCUT2D eigenvalue weighted by Crippen LogP contribution is -2.32. The van der Waals surface area contributed by atoms with E-state index in [0.717, 1.165) is 30.9 Å². The fourth-order valence-electron chi connectivity index (χ4n) is 2.83. The van der Waals surface area contributed by atoms with Crippen LogP contribution in [0.4, 0.5) is 0 Å². The average molecular weight is 539 g/mol. The minimum absolute atomic E-state index is 0.156. The monoisotopic (exact) mass is 538 g/mol. The predicted octanol–water partition coefficient (Wildman–Crippen LogP) is 2.66. The number of cyclic esters (lactones) is 4. The van der Waals surface area contributed by atoms with Crippen molar-refractivity contribution in [3.8, 4) is 0 Å². The summed E-state index contributed by atoms with van der Waals surface area (Å²) >= 11 is 0. The van der Waals surface area contributed by atoms with Crippen LogP contribution in [-0.2, 0) is 23.9 Å². The minimum atomic E-state index is -0.672. The van der Waals surface area contributed by atoms with E-state index in [4.69, 9.17) is 20.4 Å². The van der Waals surface area contributed by atoms with Crippen LogP contribution in [-0.4, -0.2) is 70.1 Å². The summed E-state index contributed by atoms with van der Waals surface area (Å²) in [6.07, 6.45) is 7.39. The van der Waals surface area contributed by atoms with Crippen molar-refractivity contribution in [3.05, 3.63) is 47.5 Å². The lowest BCUT2D eigenvalue weighted by molar-refractivity contribution is -0.150. The molecule has 0 saturated heterocycles. The number of carboxylic acids is 1. The van der Waals surface area contributed by atoms with Crippen LogP contribution >= 0.6 is 0 Å². The number of rotatable bonds is 10. The van der Waals surface area contributed by atoms with E-state index in [0.29, 0.717) is 24.0 Å². The first-order valence-corrected chi connectivity index (χ1v) is 12.3. The lowest BCUT2D eigenvalue weighted by atomic mass is 9.88. The summed E-state index contributed by atoms with van der Waals surface area (Å²) in [6, 6.07) is 6.53. The number of unbranched alkanes of at least 4 members (excludes halogenated alkanes) is 2. The van der Waals surface area contributed by atoms with Gasteiger partial charge in [0, 0.05) is 24.0 Å². The highest BCUT2D eigenvalue weighted by Crippen LogP contribution is 2.19. The largest absolute Gasteiger partial charge is 0.481 e. The van der Waals surface area contributed by atoms with Crippen LogP contribution in [0.2, 0.25) is 0 Å². The van der Waals surface area contributed by atoms with Gasteiger partial charge in [-0.1, -0.05) is 52.2 Å². The molecule has 0 unspecified atom stereocenters. The quantitative estimate of drug-likeness (QED) is 0.195. The van der Waals surface area contributed by atoms with Gasteiger partial charge in [-0.3, -0.25) is 4.79 Å². The summed E-state index contributed by atoms with van der Waals surface area (Å²) in [4.78, 5) is 51.6. The third-order valence-electron chi connectivity index (χ3n) is 5.54. The number of hydrogen-bond donors (Lipinski definition) is 4. The molecular weight excluding hydrogens is 500 g/mol. The molecule has 2 heterocycles. The Morgan fingerprint density at radius 2 is 1.29 bits per heavy atom. The number of carbonyl (C=O) groups is 5. The first-order valence-electron chi connectivity index (χ1n) is 12.3. The molecule has 0 aliphatic carbocycles. The molecule has 3 rings (SSSR count). The summed E-state index contributed by atoms with van der Waals surface area (Å²) in [5, 5.41) is 34.3. The van der Waals surface area contributed by atoms with Crippen LogP contribution in [0.15, 0.2) is 36.4 Å². The van der Waals surface area contributed by atoms with Crippen molar-refractivity contribution in [2.75, 3.05) is 19.8 Å². The zero-order valence-electron chi connectivity index (χ0n) is 22.1. The normalized spacial score (nSPS) is 13.3. The van der Waals surface area contributed by atoms with Crippen LogP contribution in [0, 0.1) is 11.3 Å². The van der Waals surface area contributed by atoms with Gasteiger partial charge in [-0.25, -0.2) is 19.2 Å². The number of carboxylic acid groups (broad SMARTS) is 1. The molecule has 1 aromatic carbocycles. The second kappa shape index (κ2) is 18.8. The van der Waals surface area contributed by atoms with Crippen LogP contribution < -0.4 is 0 Å². The third-order valence-corrected chi connectivity index (χ3v) is 5.54. The van der Waals surface area contributed by atoms with E-state index < -0.39 is 35.3 Å². The van der Waals surface area contributed by atoms with Crippen LogP contribution in [0.1, 0.15) is 80.0 Å². The molecule has 2 aliphatic rings. The molecule has 0 fully saturated rings. The van der Waals surface area contributed by atoms with Crippen molar-refractivity contribution >= 4 is 29.8 Å². The van der Waals surface area contributed by atoms with E-state index in [1.807, 2.05) is 6.92 Å². The topological polar surface area (TPSA) is 185 Å². The number of esters is 4. The van der Waals surface area contributed by atoms with Gasteiger partial charge in [-0.05, 0) is 30.9 Å². The van der Waals surface area contributed by atoms with Crippen LogP contribution in [0.5, 0.6) is 0 Å². The zero-order chi connectivity index (χ0) is 29.1. The molecule has 11 heteroatoms. The summed E-state index contributed by atoms with van der Waals surface area (Å²) in [5.41, 5.74) is 0.0509. The maximum Gasteiger partial charge on any atom is 0.346 e. The molecule has 11 nitrogen and oxygen atoms in total. The van der Waals surface area contributed by atoms with Crippen molar-refractivity contribution in [1.82, 2.24) is 0 Å². The van der Waals surface area contributed by atoms with Crippen molar-refractivity contribution in [1.29, 1.82) is 0 Å². The van der Waals surface area contributed by atoms with Crippen LogP contribution in [0.25, 0.3) is 0 Å². The van der Waals surface area contributed by atoms with Gasteiger partial charge in [0.05, 0.1) is 30.9 Å². The van der Waals surface area contributed by atoms with Gasteiger partial charge in [-0.15, -0.1) is 0 Å². The Labute approximate surface area is 222 Å². The third kappa shape index (κ3) is 13.8. The minimum Gasteiger partial charge on any atom is -0.481 e. The Morgan fingerprint density at radius 1 is 0.816 bits per heavy atom. The smallest absolute Gasteiger partial charge is 0.346 e. The molecule has 0 bridgehead atoms. The van der Waals surface area contributed by atoms with E-state index in [1.54, 1.807) is 24.3 Å². The van der Waals surface area contributed by atoms with Crippen molar-refractivity contribution in [2.45, 2.75) is 59.3 Å². The lowest BCUT2D eigenvalue weighted by Gasteiger charge is -2.24. The fourth-order valence-corrected chi connectivity index (χ4v) is 2.83. The Balaban J connectivity index is 0.000000487. The second-order valence-corrected chi connectivity index (χ2v) is 9.01. The number of carbonyl (C=O) groups excluding carboxylic acids is 4. The van der Waals surface area contributed by atoms with Crippen LogP contribution in [0.3, 0.4) is 0 Å². The highest BCUT2D eigenvalue weighted by atomic mass is 16.6. The average Bonchev–Trinajstić information content (AvgIpc) is 3.41. The van der Waals surface area contributed by atoms with Gasteiger partial charge in [0.15, 0.2) is 0 Å². The second-order valence-electron chi connectivity index (χ2n) is 9.01. The molecule has 0 radical (unpaired) electrons. The first-order chi connectivity index (χ1) is 17.9. The first kappa shape index (κ1) is 34.6. The zero-order valence-corrected chi connectivity index (χ0v) is 22.1. The Bertz CT molecular complexity index is 880. The van der Waals surface area contributed by atoms with E-state index in [-0.39, 0.29) is 19.8 Å². The van der Waals surface area contributed by atoms with E-state index in [2.05, 4.69) is 23.3 Å². The maximum atomic E-state index is 10.8. The van der Waals surface area contributed by atoms with Gasteiger partial charge in [0.1, 0.15) is 0 Å². The van der Waals surface area contributed by atoms with E-state index in [1.165, 1.54) is 12.8 Å². The summed E-state index contributed by atoms with van der Waals surface area (Å²) in [7, 11) is 0. The van der Waals surface area contributed by atoms with E-state index in [9.17, 15) is 24.0 Å². The van der Waals surface area contributed by atoms with Gasteiger partial charge < -0.3 is 29.9 Å². The highest BCUT2D eigenvalue weighted by molar-refractivity contribution is 6.14. The molecule has 0 atom stereocenters. The number of aliphatic carboxylic acids is 1. The maximum absolute atomic E-state index is 10.8. The number of fused-ring (bicyclic) bond motifs is 1. The molecule has 0 amide bonds. The number of hydrogen-bond acceptors (Lipinski definition) is 10. The number of ether oxygens (including phenoxy) is 2. The molecule has 0 spiro atoms.